The Morgan fingerprint density at radius 1 is 1.12 bits per heavy atom. The lowest BCUT2D eigenvalue weighted by Gasteiger charge is -2.10. The minimum absolute atomic E-state index is 0.171. The van der Waals surface area contributed by atoms with E-state index in [1.165, 1.54) is 11.3 Å². The molecule has 1 aromatic heterocycles. The predicted molar refractivity (Wildman–Crippen MR) is 95.2 cm³/mol. The zero-order valence-electron chi connectivity index (χ0n) is 12.9. The van der Waals surface area contributed by atoms with E-state index in [2.05, 4.69) is 15.5 Å². The number of alkyl halides is 3. The Labute approximate surface area is 155 Å². The summed E-state index contributed by atoms with van der Waals surface area (Å²) in [6.07, 6.45) is -3.68. The van der Waals surface area contributed by atoms with E-state index in [0.717, 1.165) is 23.5 Å². The van der Waals surface area contributed by atoms with Crippen molar-refractivity contribution in [2.75, 3.05) is 5.43 Å². The highest BCUT2D eigenvalue weighted by atomic mass is 35.5. The van der Waals surface area contributed by atoms with E-state index in [1.54, 1.807) is 0 Å². The fourth-order valence-corrected chi connectivity index (χ4v) is 3.05. The van der Waals surface area contributed by atoms with Gasteiger partial charge in [0.1, 0.15) is 0 Å². The van der Waals surface area contributed by atoms with Gasteiger partial charge < -0.3 is 0 Å². The SMILES string of the molecule is Fc1c(C=NNc2nc(-c3ccccc3)cs2)ccc(C(F)(F)F)c1Cl. The van der Waals surface area contributed by atoms with Crippen molar-refractivity contribution in [2.24, 2.45) is 5.10 Å². The normalized spacial score (nSPS) is 11.9. The molecule has 0 radical (unpaired) electrons. The Kier molecular flexibility index (Phi) is 5.24. The number of anilines is 1. The van der Waals surface area contributed by atoms with Crippen LogP contribution in [-0.4, -0.2) is 11.2 Å². The Morgan fingerprint density at radius 2 is 1.85 bits per heavy atom. The van der Waals surface area contributed by atoms with Crippen LogP contribution >= 0.6 is 22.9 Å². The Morgan fingerprint density at radius 3 is 2.54 bits per heavy atom. The maximum atomic E-state index is 14.0. The Balaban J connectivity index is 1.74. The number of rotatable bonds is 4. The number of nitrogens with zero attached hydrogens (tertiary/aromatic N) is 2. The fraction of sp³-hybridized carbons (Fsp3) is 0.0588. The van der Waals surface area contributed by atoms with Crippen LogP contribution in [0.5, 0.6) is 0 Å². The first-order valence-electron chi connectivity index (χ1n) is 7.21. The monoisotopic (exact) mass is 399 g/mol. The number of hydrogen-bond donors (Lipinski definition) is 1. The van der Waals surface area contributed by atoms with Crippen LogP contribution in [0.2, 0.25) is 5.02 Å². The number of halogens is 5. The van der Waals surface area contributed by atoms with Crippen molar-refractivity contribution in [3.05, 3.63) is 69.8 Å². The highest BCUT2D eigenvalue weighted by Crippen LogP contribution is 2.36. The van der Waals surface area contributed by atoms with Crippen LogP contribution in [0.15, 0.2) is 52.9 Å². The predicted octanol–water partition coefficient (Wildman–Crippen LogP) is 6.07. The molecule has 26 heavy (non-hydrogen) atoms. The van der Waals surface area contributed by atoms with Gasteiger partial charge in [-0.1, -0.05) is 41.9 Å². The van der Waals surface area contributed by atoms with E-state index in [4.69, 9.17) is 11.6 Å². The van der Waals surface area contributed by atoms with E-state index in [1.807, 2.05) is 35.7 Å². The van der Waals surface area contributed by atoms with Gasteiger partial charge in [0.05, 0.1) is 22.5 Å². The molecule has 0 bridgehead atoms. The van der Waals surface area contributed by atoms with Crippen LogP contribution in [0.25, 0.3) is 11.3 Å². The summed E-state index contributed by atoms with van der Waals surface area (Å²) in [5, 5.41) is 5.10. The van der Waals surface area contributed by atoms with E-state index in [-0.39, 0.29) is 5.56 Å². The molecule has 0 aliphatic heterocycles. The molecule has 134 valence electrons. The number of thiazole rings is 1. The zero-order chi connectivity index (χ0) is 18.7. The van der Waals surface area contributed by atoms with Gasteiger partial charge in [-0.15, -0.1) is 11.3 Å². The van der Waals surface area contributed by atoms with Crippen LogP contribution in [0.3, 0.4) is 0 Å². The smallest absolute Gasteiger partial charge is 0.253 e. The van der Waals surface area contributed by atoms with Crippen molar-refractivity contribution in [1.29, 1.82) is 0 Å². The quantitative estimate of drug-likeness (QED) is 0.328. The molecule has 0 unspecified atom stereocenters. The third kappa shape index (κ3) is 4.03. The van der Waals surface area contributed by atoms with E-state index in [9.17, 15) is 17.6 Å². The highest BCUT2D eigenvalue weighted by Gasteiger charge is 2.34. The summed E-state index contributed by atoms with van der Waals surface area (Å²) < 4.78 is 52.0. The first kappa shape index (κ1) is 18.3. The van der Waals surface area contributed by atoms with Crippen LogP contribution < -0.4 is 5.43 Å². The molecule has 0 aliphatic carbocycles. The molecule has 0 saturated carbocycles. The van der Waals surface area contributed by atoms with Crippen molar-refractivity contribution in [3.63, 3.8) is 0 Å². The molecule has 1 heterocycles. The van der Waals surface area contributed by atoms with Crippen LogP contribution in [-0.2, 0) is 6.18 Å². The second kappa shape index (κ2) is 7.43. The van der Waals surface area contributed by atoms with E-state index < -0.39 is 22.6 Å². The van der Waals surface area contributed by atoms with Crippen molar-refractivity contribution < 1.29 is 17.6 Å². The maximum Gasteiger partial charge on any atom is 0.417 e. The number of nitrogens with one attached hydrogen (secondary N) is 1. The molecule has 0 aliphatic rings. The van der Waals surface area contributed by atoms with Crippen LogP contribution in [0, 0.1) is 5.82 Å². The molecule has 2 aromatic carbocycles. The van der Waals surface area contributed by atoms with Crippen molar-refractivity contribution >= 4 is 34.3 Å². The van der Waals surface area contributed by atoms with Gasteiger partial charge in [0.2, 0.25) is 5.13 Å². The summed E-state index contributed by atoms with van der Waals surface area (Å²) in [6.45, 7) is 0. The summed E-state index contributed by atoms with van der Waals surface area (Å²) in [7, 11) is 0. The van der Waals surface area contributed by atoms with Crippen molar-refractivity contribution in [2.45, 2.75) is 6.18 Å². The molecular weight excluding hydrogens is 390 g/mol. The van der Waals surface area contributed by atoms with Crippen molar-refractivity contribution in [1.82, 2.24) is 4.98 Å². The molecule has 9 heteroatoms. The molecule has 0 spiro atoms. The third-order valence-electron chi connectivity index (χ3n) is 3.36. The summed E-state index contributed by atoms with van der Waals surface area (Å²) >= 11 is 6.75. The largest absolute Gasteiger partial charge is 0.417 e. The average Bonchev–Trinajstić information content (AvgIpc) is 3.07. The zero-order valence-corrected chi connectivity index (χ0v) is 14.5. The molecule has 3 rings (SSSR count). The van der Waals surface area contributed by atoms with Crippen LogP contribution in [0.4, 0.5) is 22.7 Å². The summed E-state index contributed by atoms with van der Waals surface area (Å²) in [4.78, 5) is 4.32. The summed E-state index contributed by atoms with van der Waals surface area (Å²) in [6, 6.07) is 11.1. The van der Waals surface area contributed by atoms with Gasteiger partial charge in [0.25, 0.3) is 0 Å². The van der Waals surface area contributed by atoms with Gasteiger partial charge in [-0.2, -0.15) is 18.3 Å². The molecular formula is C17H10ClF4N3S. The van der Waals surface area contributed by atoms with E-state index in [0.29, 0.717) is 11.2 Å². The van der Waals surface area contributed by atoms with Gasteiger partial charge in [-0.3, -0.25) is 5.43 Å². The van der Waals surface area contributed by atoms with Crippen molar-refractivity contribution in [3.8, 4) is 11.3 Å². The Hall–Kier alpha value is -2.45. The average molecular weight is 400 g/mol. The lowest BCUT2D eigenvalue weighted by Crippen LogP contribution is -2.08. The number of hydrogen-bond acceptors (Lipinski definition) is 4. The third-order valence-corrected chi connectivity index (χ3v) is 4.47. The van der Waals surface area contributed by atoms with Gasteiger partial charge in [0, 0.05) is 16.5 Å². The number of aromatic nitrogens is 1. The number of benzene rings is 2. The first-order valence-corrected chi connectivity index (χ1v) is 8.47. The molecule has 0 amide bonds. The highest BCUT2D eigenvalue weighted by molar-refractivity contribution is 7.14. The fourth-order valence-electron chi connectivity index (χ4n) is 2.11. The summed E-state index contributed by atoms with van der Waals surface area (Å²) in [5.74, 6) is -1.18. The van der Waals surface area contributed by atoms with E-state index >= 15 is 0 Å². The molecule has 0 saturated heterocycles. The Bertz CT molecular complexity index is 939. The standard InChI is InChI=1S/C17H10ClF4N3S/c18-14-12(17(20,21)22)7-6-11(15(14)19)8-23-25-16-24-13(9-26-16)10-4-2-1-3-5-10/h1-9H,(H,24,25). The second-order valence-corrected chi connectivity index (χ2v) is 6.34. The topological polar surface area (TPSA) is 37.3 Å². The molecule has 3 nitrogen and oxygen atoms in total. The second-order valence-electron chi connectivity index (χ2n) is 5.10. The molecule has 1 N–H and O–H groups in total. The molecule has 0 fully saturated rings. The first-order chi connectivity index (χ1) is 12.4. The number of hydrazone groups is 1. The van der Waals surface area contributed by atoms with Gasteiger partial charge in [0.15, 0.2) is 5.82 Å². The molecule has 0 atom stereocenters. The van der Waals surface area contributed by atoms with Gasteiger partial charge >= 0.3 is 6.18 Å². The minimum Gasteiger partial charge on any atom is -0.253 e. The van der Waals surface area contributed by atoms with Crippen LogP contribution in [0.1, 0.15) is 11.1 Å². The van der Waals surface area contributed by atoms with Gasteiger partial charge in [-0.05, 0) is 12.1 Å². The minimum atomic E-state index is -4.72. The molecule has 3 aromatic rings. The summed E-state index contributed by atoms with van der Waals surface area (Å²) in [5.41, 5.74) is 2.90. The lowest BCUT2D eigenvalue weighted by atomic mass is 10.1. The lowest BCUT2D eigenvalue weighted by molar-refractivity contribution is -0.137. The maximum absolute atomic E-state index is 14.0. The van der Waals surface area contributed by atoms with Gasteiger partial charge in [-0.25, -0.2) is 9.37 Å².